The van der Waals surface area contributed by atoms with Gasteiger partial charge >= 0.3 is 10.4 Å². The molecule has 0 bridgehead atoms. The number of ether oxygens (including phenoxy) is 9. The van der Waals surface area contributed by atoms with Crippen LogP contribution in [-0.4, -0.2) is 285 Å². The van der Waals surface area contributed by atoms with Crippen molar-refractivity contribution in [3.63, 3.8) is 0 Å². The van der Waals surface area contributed by atoms with Gasteiger partial charge in [-0.05, 0) is 32.1 Å². The van der Waals surface area contributed by atoms with Crippen molar-refractivity contribution in [3.8, 4) is 0 Å². The van der Waals surface area contributed by atoms with E-state index in [2.05, 4.69) is 49.8 Å². The SMILES string of the molecule is CCCCCC/C=C/CCC/C=C/C=C/C=C/C(=O)N[C@H]1[C@H](O[C@H]2[C@H](O)[C@@H](NC(C)=O)[C@H](O[C@H]3[C@H](O)[C@@H](NC(C)=O)[C@H](O[C@H]4[C@H](O)[C@@H](NC(C)=O)[C@H](O[C@H]5[C@H](O)[C@@H](NC(C)=O)C(O)O[C@@H]5COS(=O)(=O)O)O[C@@H]4CO)O[C@@H]3CO)O[C@@H]2CO)O[C@H](CO)[C@@H](O)[C@@H]1O. The van der Waals surface area contributed by atoms with Crippen molar-refractivity contribution in [3.05, 3.63) is 48.6 Å². The van der Waals surface area contributed by atoms with Gasteiger partial charge in [0.15, 0.2) is 31.5 Å². The largest absolute Gasteiger partial charge is 0.397 e. The highest BCUT2D eigenvalue weighted by atomic mass is 32.3. The number of aliphatic hydroxyl groups is 11. The molecule has 0 saturated carbocycles. The Hall–Kier alpha value is -4.62. The van der Waals surface area contributed by atoms with Crippen LogP contribution < -0.4 is 26.6 Å². The summed E-state index contributed by atoms with van der Waals surface area (Å²) in [5, 5.41) is 135. The van der Waals surface area contributed by atoms with E-state index >= 15 is 0 Å². The highest BCUT2D eigenvalue weighted by molar-refractivity contribution is 7.80. The first kappa shape index (κ1) is 77.1. The number of amides is 5. The van der Waals surface area contributed by atoms with E-state index in [9.17, 15) is 93.1 Å². The van der Waals surface area contributed by atoms with Gasteiger partial charge in [0.05, 0.1) is 33.0 Å². The smallest absolute Gasteiger partial charge is 0.394 e. The van der Waals surface area contributed by atoms with Crippen molar-refractivity contribution in [2.24, 2.45) is 0 Å². The van der Waals surface area contributed by atoms with Crippen LogP contribution in [0.1, 0.15) is 86.0 Å². The Morgan fingerprint density at radius 1 is 0.429 bits per heavy atom. The van der Waals surface area contributed by atoms with Gasteiger partial charge in [-0.1, -0.05) is 68.7 Å². The maximum atomic E-state index is 13.3. The predicted molar refractivity (Wildman–Crippen MR) is 308 cm³/mol. The second-order valence-electron chi connectivity index (χ2n) is 22.4. The van der Waals surface area contributed by atoms with Crippen LogP contribution in [0.3, 0.4) is 0 Å². The lowest BCUT2D eigenvalue weighted by Crippen LogP contribution is -2.72. The van der Waals surface area contributed by atoms with Crippen molar-refractivity contribution in [2.45, 2.75) is 239 Å². The molecular formula is C56H91N5O29S. The normalized spacial score (nSPS) is 37.4. The lowest BCUT2D eigenvalue weighted by Gasteiger charge is -2.51. The zero-order chi connectivity index (χ0) is 67.3. The van der Waals surface area contributed by atoms with Crippen LogP contribution in [0, 0.1) is 0 Å². The molecule has 5 aliphatic rings. The molecule has 35 heteroatoms. The van der Waals surface area contributed by atoms with Gasteiger partial charge in [-0.3, -0.25) is 28.5 Å². The van der Waals surface area contributed by atoms with Gasteiger partial charge in [-0.25, -0.2) is 4.18 Å². The van der Waals surface area contributed by atoms with Crippen LogP contribution in [0.15, 0.2) is 48.6 Å². The van der Waals surface area contributed by atoms with Crippen LogP contribution >= 0.6 is 0 Å². The minimum atomic E-state index is -5.19. The highest BCUT2D eigenvalue weighted by Gasteiger charge is 2.58. The van der Waals surface area contributed by atoms with Crippen molar-refractivity contribution in [2.75, 3.05) is 33.0 Å². The maximum Gasteiger partial charge on any atom is 0.397 e. The number of carbonyl (C=O) groups excluding carboxylic acids is 5. The van der Waals surface area contributed by atoms with E-state index in [0.29, 0.717) is 0 Å². The molecule has 0 aromatic rings. The molecular weight excluding hydrogens is 1240 g/mol. The monoisotopic (exact) mass is 1330 g/mol. The fraction of sp³-hybridized carbons (Fsp3) is 0.768. The molecule has 520 valence electrons. The molecule has 5 aliphatic heterocycles. The van der Waals surface area contributed by atoms with Crippen LogP contribution in [-0.2, 0) is 81.2 Å². The summed E-state index contributed by atoms with van der Waals surface area (Å²) in [5.74, 6) is -4.15. The summed E-state index contributed by atoms with van der Waals surface area (Å²) < 4.78 is 90.4. The van der Waals surface area contributed by atoms with Gasteiger partial charge in [-0.15, -0.1) is 0 Å². The number of nitrogens with one attached hydrogen (secondary N) is 5. The van der Waals surface area contributed by atoms with E-state index in [1.54, 1.807) is 12.2 Å². The quantitative estimate of drug-likeness (QED) is 0.00980. The van der Waals surface area contributed by atoms with E-state index in [1.807, 2.05) is 12.2 Å². The zero-order valence-corrected chi connectivity index (χ0v) is 51.8. The van der Waals surface area contributed by atoms with Crippen molar-refractivity contribution < 1.29 is 140 Å². The number of aliphatic hydroxyl groups excluding tert-OH is 11. The average molecular weight is 1330 g/mol. The topological polar surface area (TPSA) is 515 Å². The van der Waals surface area contributed by atoms with E-state index in [-0.39, 0.29) is 0 Å². The summed E-state index contributed by atoms with van der Waals surface area (Å²) in [4.78, 5) is 63.6. The summed E-state index contributed by atoms with van der Waals surface area (Å²) in [6.45, 7) is 1.07. The molecule has 0 aromatic carbocycles. The molecule has 0 aliphatic carbocycles. The molecule has 1 unspecified atom stereocenters. The Morgan fingerprint density at radius 2 is 0.802 bits per heavy atom. The summed E-state index contributed by atoms with van der Waals surface area (Å²) in [6.07, 6.45) is -15.0. The Balaban J connectivity index is 1.33. The Kier molecular flexibility index (Phi) is 31.7. The van der Waals surface area contributed by atoms with Gasteiger partial charge in [0, 0.05) is 33.8 Å². The van der Waals surface area contributed by atoms with Crippen molar-refractivity contribution in [1.29, 1.82) is 0 Å². The van der Waals surface area contributed by atoms with E-state index in [0.717, 1.165) is 59.5 Å². The zero-order valence-electron chi connectivity index (χ0n) is 51.0. The van der Waals surface area contributed by atoms with Crippen LogP contribution in [0.5, 0.6) is 0 Å². The van der Waals surface area contributed by atoms with Gasteiger partial charge in [0.25, 0.3) is 0 Å². The molecule has 0 aromatic heterocycles. The highest BCUT2D eigenvalue weighted by Crippen LogP contribution is 2.36. The van der Waals surface area contributed by atoms with Crippen LogP contribution in [0.4, 0.5) is 0 Å². The maximum absolute atomic E-state index is 13.3. The second-order valence-corrected chi connectivity index (χ2v) is 23.5. The molecule has 0 spiro atoms. The van der Waals surface area contributed by atoms with Gasteiger partial charge < -0.3 is 125 Å². The molecule has 5 fully saturated rings. The van der Waals surface area contributed by atoms with Crippen molar-refractivity contribution >= 4 is 39.9 Å². The first-order chi connectivity index (χ1) is 43.2. The summed E-state index contributed by atoms with van der Waals surface area (Å²) in [7, 11) is -5.19. The van der Waals surface area contributed by atoms with E-state index < -0.39 is 226 Å². The van der Waals surface area contributed by atoms with Crippen LogP contribution in [0.2, 0.25) is 0 Å². The van der Waals surface area contributed by atoms with Gasteiger partial charge in [0.1, 0.15) is 122 Å². The molecule has 34 nitrogen and oxygen atoms in total. The number of hydrogen-bond donors (Lipinski definition) is 17. The number of carbonyl (C=O) groups is 5. The van der Waals surface area contributed by atoms with E-state index in [4.69, 9.17) is 42.6 Å². The first-order valence-corrected chi connectivity index (χ1v) is 31.3. The van der Waals surface area contributed by atoms with Gasteiger partial charge in [-0.2, -0.15) is 8.42 Å². The Labute approximate surface area is 525 Å². The molecule has 17 N–H and O–H groups in total. The number of hydrogen-bond acceptors (Lipinski definition) is 28. The third-order valence-electron chi connectivity index (χ3n) is 15.3. The summed E-state index contributed by atoms with van der Waals surface area (Å²) in [5.41, 5.74) is 0. The van der Waals surface area contributed by atoms with Crippen molar-refractivity contribution in [1.82, 2.24) is 26.6 Å². The lowest BCUT2D eigenvalue weighted by atomic mass is 9.93. The Bertz CT molecular complexity index is 2540. The van der Waals surface area contributed by atoms with E-state index in [1.165, 1.54) is 31.8 Å². The number of unbranched alkanes of at least 4 members (excludes halogenated alkanes) is 6. The minimum absolute atomic E-state index is 0.791. The minimum Gasteiger partial charge on any atom is -0.394 e. The number of allylic oxidation sites excluding steroid dienone is 7. The molecule has 5 heterocycles. The second kappa shape index (κ2) is 37.5. The van der Waals surface area contributed by atoms with Crippen LogP contribution in [0.25, 0.3) is 0 Å². The lowest BCUT2D eigenvalue weighted by molar-refractivity contribution is -0.367. The predicted octanol–water partition coefficient (Wildman–Crippen LogP) is -6.03. The fourth-order valence-corrected chi connectivity index (χ4v) is 11.2. The fourth-order valence-electron chi connectivity index (χ4n) is 10.9. The molecule has 5 amide bonds. The molecule has 5 rings (SSSR count). The standard InChI is InChI=1S/C56H91N5O29S/c1-6-7-8-9-10-11-12-13-14-15-16-17-18-19-20-21-36(70)61-38-43(72)42(71)31(22-62)83-53(38)87-48-32(23-63)84-54(39(45(48)74)58-28(3)67)88-49-33(24-64)85-55(40(46(49)75)59-29(4)68)89-50-34(25-65)86-56(41(47(50)76)60-30(5)69)90-51-35(26-81-91(78,79)80)82-52(77)37(44(51)73)57-27(2)66/h11-12,16-21,31-35,37-56,62-65,71-77H,6-10,13-15,22-26H2,1-5H3,(H,57,66)(H,58,67)(H,59,68)(H,60,69)(H,61,70)(H,78,79,80)/b12-11+,17-16+,19-18+,21-20+/t31-,32-,33-,34-,35-,37-,38-,39-,40-,41-,42-,43-,44-,45-,46-,47-,48-,49-,50-,51-,52?,53+,54+,55+,56+/m1/s1. The molecule has 5 saturated heterocycles. The third-order valence-corrected chi connectivity index (χ3v) is 15.8. The first-order valence-electron chi connectivity index (χ1n) is 29.9. The van der Waals surface area contributed by atoms with Gasteiger partial charge in [0.2, 0.25) is 29.5 Å². The summed E-state index contributed by atoms with van der Waals surface area (Å²) in [6, 6.07) is -8.66. The Morgan fingerprint density at radius 3 is 1.22 bits per heavy atom. The molecule has 25 atom stereocenters. The molecule has 91 heavy (non-hydrogen) atoms. The molecule has 0 radical (unpaired) electrons. The third kappa shape index (κ3) is 22.5. The number of rotatable bonds is 32. The summed E-state index contributed by atoms with van der Waals surface area (Å²) >= 11 is 0. The average Bonchev–Trinajstić information content (AvgIpc) is 0.789.